The molecule has 0 fully saturated rings. The zero-order valence-corrected chi connectivity index (χ0v) is 21.0. The summed E-state index contributed by atoms with van der Waals surface area (Å²) in [5.74, 6) is -0.105. The van der Waals surface area contributed by atoms with Gasteiger partial charge in [0.15, 0.2) is 5.01 Å². The van der Waals surface area contributed by atoms with Crippen LogP contribution in [0.4, 0.5) is 4.79 Å². The third-order valence-corrected chi connectivity index (χ3v) is 8.31. The van der Waals surface area contributed by atoms with Crippen molar-refractivity contribution in [1.82, 2.24) is 14.5 Å². The maximum absolute atomic E-state index is 13.4. The lowest BCUT2D eigenvalue weighted by Gasteiger charge is -2.22. The van der Waals surface area contributed by atoms with Crippen molar-refractivity contribution in [1.29, 1.82) is 0 Å². The molecule has 1 amide bonds. The van der Waals surface area contributed by atoms with Gasteiger partial charge in [-0.15, -0.1) is 11.3 Å². The van der Waals surface area contributed by atoms with Gasteiger partial charge in [0.25, 0.3) is 0 Å². The van der Waals surface area contributed by atoms with E-state index < -0.39 is 14.2 Å². The number of aromatic nitrogens is 2. The third kappa shape index (κ3) is 5.43. The number of hydrogen-bond acceptors (Lipinski definition) is 5. The number of hydrogen-bond donors (Lipinski definition) is 1. The molecule has 0 atom stereocenters. The summed E-state index contributed by atoms with van der Waals surface area (Å²) >= 11 is 1.33. The predicted molar refractivity (Wildman–Crippen MR) is 134 cm³/mol. The first kappa shape index (κ1) is 23.4. The second kappa shape index (κ2) is 9.62. The highest BCUT2D eigenvalue weighted by molar-refractivity contribution is 7.12. The van der Waals surface area contributed by atoms with E-state index in [-0.39, 0.29) is 5.78 Å². The van der Waals surface area contributed by atoms with E-state index >= 15 is 0 Å². The van der Waals surface area contributed by atoms with Crippen molar-refractivity contribution in [2.45, 2.75) is 38.8 Å². The lowest BCUT2D eigenvalue weighted by atomic mass is 10.1. The summed E-state index contributed by atoms with van der Waals surface area (Å²) in [5.41, 5.74) is 3.33. The van der Waals surface area contributed by atoms with E-state index in [1.807, 2.05) is 46.5 Å². The van der Waals surface area contributed by atoms with E-state index in [0.717, 1.165) is 34.8 Å². The molecule has 0 spiro atoms. The predicted octanol–water partition coefficient (Wildman–Crippen LogP) is 5.41. The maximum atomic E-state index is 13.4. The molecule has 1 aliphatic heterocycles. The van der Waals surface area contributed by atoms with E-state index in [0.29, 0.717) is 36.8 Å². The van der Waals surface area contributed by atoms with Gasteiger partial charge in [0.2, 0.25) is 5.78 Å². The summed E-state index contributed by atoms with van der Waals surface area (Å²) in [5, 5.41) is 12.3. The number of para-hydroxylation sites is 1. The molecule has 0 saturated carbocycles. The van der Waals surface area contributed by atoms with Crippen LogP contribution in [0, 0.1) is 0 Å². The van der Waals surface area contributed by atoms with Crippen molar-refractivity contribution in [3.05, 3.63) is 58.2 Å². The average molecular weight is 484 g/mol. The Balaban J connectivity index is 1.52. The van der Waals surface area contributed by atoms with E-state index in [1.165, 1.54) is 16.2 Å². The summed E-state index contributed by atoms with van der Waals surface area (Å²) in [6.45, 7) is 8.89. The van der Waals surface area contributed by atoms with Gasteiger partial charge in [0, 0.05) is 44.7 Å². The van der Waals surface area contributed by atoms with E-state index in [9.17, 15) is 9.59 Å². The molecule has 174 valence electrons. The van der Waals surface area contributed by atoms with Gasteiger partial charge in [-0.2, -0.15) is 0 Å². The molecule has 1 aliphatic rings. The van der Waals surface area contributed by atoms with Crippen LogP contribution in [-0.2, 0) is 11.5 Å². The van der Waals surface area contributed by atoms with Crippen LogP contribution in [0.1, 0.15) is 27.5 Å². The minimum absolute atomic E-state index is 0.105. The number of nitrogens with zero attached hydrogens (tertiary/aromatic N) is 3. The molecule has 4 rings (SSSR count). The molecule has 1 N–H and O–H groups in total. The minimum atomic E-state index is -1.16. The van der Waals surface area contributed by atoms with E-state index in [1.54, 1.807) is 0 Å². The number of benzene rings is 1. The molecule has 2 aromatic heterocycles. The van der Waals surface area contributed by atoms with Crippen LogP contribution in [0.2, 0.25) is 25.7 Å². The largest absolute Gasteiger partial charge is 0.465 e. The van der Waals surface area contributed by atoms with Gasteiger partial charge in [-0.1, -0.05) is 43.9 Å². The van der Waals surface area contributed by atoms with Crippen LogP contribution in [0.25, 0.3) is 16.5 Å². The highest BCUT2D eigenvalue weighted by Crippen LogP contribution is 2.28. The fraction of sp³-hybridized carbons (Fsp3) is 0.375. The van der Waals surface area contributed by atoms with Gasteiger partial charge in [-0.3, -0.25) is 4.79 Å². The molecular formula is C24H29N3O4SSi. The van der Waals surface area contributed by atoms with E-state index in [2.05, 4.69) is 24.6 Å². The number of ketones is 1. The molecule has 0 saturated heterocycles. The second-order valence-electron chi connectivity index (χ2n) is 9.45. The van der Waals surface area contributed by atoms with E-state index in [4.69, 9.17) is 9.84 Å². The molecule has 1 aromatic carbocycles. The monoisotopic (exact) mass is 483 g/mol. The first-order valence-electron chi connectivity index (χ1n) is 11.1. The highest BCUT2D eigenvalue weighted by atomic mass is 32.1. The van der Waals surface area contributed by atoms with Gasteiger partial charge < -0.3 is 19.3 Å². The Bertz CT molecular complexity index is 1210. The average Bonchev–Trinajstić information content (AvgIpc) is 3.41. The lowest BCUT2D eigenvalue weighted by Crippen LogP contribution is -2.33. The Kier molecular flexibility index (Phi) is 6.82. The van der Waals surface area contributed by atoms with Crippen LogP contribution < -0.4 is 0 Å². The molecule has 9 heteroatoms. The number of carbonyl (C=O) groups is 2. The minimum Gasteiger partial charge on any atom is -0.465 e. The van der Waals surface area contributed by atoms with Crippen molar-refractivity contribution < 1.29 is 19.4 Å². The Morgan fingerprint density at radius 1 is 1.24 bits per heavy atom. The van der Waals surface area contributed by atoms with Gasteiger partial charge in [-0.05, 0) is 24.1 Å². The quantitative estimate of drug-likeness (QED) is 0.263. The van der Waals surface area contributed by atoms with Gasteiger partial charge in [0.05, 0.1) is 16.8 Å². The van der Waals surface area contributed by atoms with Crippen molar-refractivity contribution in [3.8, 4) is 0 Å². The zero-order valence-electron chi connectivity index (χ0n) is 19.2. The molecule has 0 radical (unpaired) electrons. The molecule has 33 heavy (non-hydrogen) atoms. The molecule has 0 bridgehead atoms. The molecule has 3 aromatic rings. The topological polar surface area (TPSA) is 84.7 Å². The number of rotatable bonds is 8. The Morgan fingerprint density at radius 2 is 2.03 bits per heavy atom. The van der Waals surface area contributed by atoms with Crippen molar-refractivity contribution in [3.63, 3.8) is 0 Å². The summed E-state index contributed by atoms with van der Waals surface area (Å²) in [7, 11) is -1.16. The standard InChI is InChI=1S/C24H29N3O4SSi/c1-33(2,3)13-12-31-16-27-14-19(18-6-4-5-7-21(18)27)22(28)23-25-20(15-32-23)17-8-10-26(11-9-17)24(29)30/h4-8,14-15H,9-13,16H2,1-3H3,(H,29,30). The summed E-state index contributed by atoms with van der Waals surface area (Å²) in [6.07, 6.45) is 3.43. The molecule has 0 aliphatic carbocycles. The van der Waals surface area contributed by atoms with Crippen LogP contribution in [-0.4, -0.2) is 59.2 Å². The Hall–Kier alpha value is -2.75. The SMILES string of the molecule is C[Si](C)(C)CCOCn1cc(C(=O)c2nc(C3=CCN(C(=O)O)CC3)cs2)c2ccccc21. The Labute approximate surface area is 198 Å². The van der Waals surface area contributed by atoms with Crippen molar-refractivity contribution in [2.24, 2.45) is 0 Å². The second-order valence-corrected chi connectivity index (χ2v) is 15.9. The molecule has 3 heterocycles. The van der Waals surface area contributed by atoms with Crippen LogP contribution in [0.15, 0.2) is 41.9 Å². The number of carboxylic acid groups (broad SMARTS) is 1. The number of fused-ring (bicyclic) bond motifs is 1. The zero-order chi connectivity index (χ0) is 23.6. The Morgan fingerprint density at radius 3 is 2.73 bits per heavy atom. The maximum Gasteiger partial charge on any atom is 0.407 e. The number of thiazole rings is 1. The summed E-state index contributed by atoms with van der Waals surface area (Å²) in [6, 6.07) is 8.96. The first-order valence-corrected chi connectivity index (χ1v) is 15.6. The fourth-order valence-electron chi connectivity index (χ4n) is 3.79. The highest BCUT2D eigenvalue weighted by Gasteiger charge is 2.22. The fourth-order valence-corrected chi connectivity index (χ4v) is 5.34. The smallest absolute Gasteiger partial charge is 0.407 e. The van der Waals surface area contributed by atoms with Gasteiger partial charge >= 0.3 is 6.09 Å². The number of carbonyl (C=O) groups excluding carboxylic acids is 1. The number of amides is 1. The van der Waals surface area contributed by atoms with Gasteiger partial charge in [0.1, 0.15) is 6.73 Å². The van der Waals surface area contributed by atoms with Gasteiger partial charge in [-0.25, -0.2) is 9.78 Å². The van der Waals surface area contributed by atoms with Crippen LogP contribution in [0.5, 0.6) is 0 Å². The van der Waals surface area contributed by atoms with Crippen LogP contribution >= 0.6 is 11.3 Å². The number of ether oxygens (including phenoxy) is 1. The molecule has 0 unspecified atom stereocenters. The van der Waals surface area contributed by atoms with Crippen molar-refractivity contribution in [2.75, 3.05) is 19.7 Å². The summed E-state index contributed by atoms with van der Waals surface area (Å²) < 4.78 is 7.92. The van der Waals surface area contributed by atoms with Crippen LogP contribution in [0.3, 0.4) is 0 Å². The third-order valence-electron chi connectivity index (χ3n) is 5.77. The first-order chi connectivity index (χ1) is 15.7. The normalized spacial score (nSPS) is 14.5. The summed E-state index contributed by atoms with van der Waals surface area (Å²) in [4.78, 5) is 30.4. The molecular weight excluding hydrogens is 454 g/mol. The lowest BCUT2D eigenvalue weighted by molar-refractivity contribution is 0.0899. The molecule has 7 nitrogen and oxygen atoms in total. The van der Waals surface area contributed by atoms with Crippen molar-refractivity contribution >= 4 is 47.8 Å².